The normalized spacial score (nSPS) is 32.6. The number of ether oxygens (including phenoxy) is 1. The van der Waals surface area contributed by atoms with Crippen molar-refractivity contribution in [3.63, 3.8) is 0 Å². The lowest BCUT2D eigenvalue weighted by atomic mass is 9.93. The van der Waals surface area contributed by atoms with Crippen LogP contribution in [0.25, 0.3) is 0 Å². The van der Waals surface area contributed by atoms with Crippen LogP contribution in [-0.4, -0.2) is 42.4 Å². The van der Waals surface area contributed by atoms with Crippen LogP contribution in [0, 0.1) is 5.92 Å². The average Bonchev–Trinajstić information content (AvgIpc) is 2.74. The predicted molar refractivity (Wildman–Crippen MR) is 82.3 cm³/mol. The zero-order valence-corrected chi connectivity index (χ0v) is 13.3. The van der Waals surface area contributed by atoms with E-state index in [1.165, 1.54) is 7.11 Å². The zero-order chi connectivity index (χ0) is 15.9. The minimum absolute atomic E-state index is 0.116. The van der Waals surface area contributed by atoms with Crippen LogP contribution in [0.15, 0.2) is 0 Å². The minimum Gasteiger partial charge on any atom is -0.469 e. The lowest BCUT2D eigenvalue weighted by Gasteiger charge is -2.28. The van der Waals surface area contributed by atoms with E-state index in [2.05, 4.69) is 10.6 Å². The molecule has 3 N–H and O–H groups in total. The zero-order valence-electron chi connectivity index (χ0n) is 13.3. The number of hydrogen-bond acceptors (Lipinski definition) is 4. The Morgan fingerprint density at radius 3 is 2.32 bits per heavy atom. The molecule has 2 saturated carbocycles. The van der Waals surface area contributed by atoms with E-state index in [0.717, 1.165) is 57.8 Å². The summed E-state index contributed by atoms with van der Waals surface area (Å²) in [7, 11) is 1.40. The molecule has 126 valence electrons. The van der Waals surface area contributed by atoms with Crippen molar-refractivity contribution in [2.24, 2.45) is 5.92 Å². The Morgan fingerprint density at radius 2 is 1.64 bits per heavy atom. The standard InChI is InChI=1S/C16H28N2O4/c1-22-15(20)13-5-3-2-4-6-14(13)18-16(21)17-11-7-9-12(19)10-8-11/h11-14,19H,2-10H2,1H3,(H2,17,18,21). The third kappa shape index (κ3) is 4.87. The quantitative estimate of drug-likeness (QED) is 0.547. The highest BCUT2D eigenvalue weighted by Gasteiger charge is 2.32. The maximum atomic E-state index is 12.2. The Bertz CT molecular complexity index is 380. The SMILES string of the molecule is COC(=O)C1CCCCCC1NC(=O)NC1CCC(O)CC1. The van der Waals surface area contributed by atoms with E-state index >= 15 is 0 Å². The van der Waals surface area contributed by atoms with Gasteiger partial charge in [0.15, 0.2) is 0 Å². The topological polar surface area (TPSA) is 87.7 Å². The molecule has 0 heterocycles. The smallest absolute Gasteiger partial charge is 0.315 e. The van der Waals surface area contributed by atoms with Gasteiger partial charge in [-0.3, -0.25) is 4.79 Å². The largest absolute Gasteiger partial charge is 0.469 e. The second-order valence-corrected chi connectivity index (χ2v) is 6.50. The number of hydrogen-bond donors (Lipinski definition) is 3. The molecule has 0 spiro atoms. The molecule has 2 fully saturated rings. The summed E-state index contributed by atoms with van der Waals surface area (Å²) in [5.74, 6) is -0.473. The number of esters is 1. The first-order valence-electron chi connectivity index (χ1n) is 8.43. The van der Waals surface area contributed by atoms with Gasteiger partial charge in [-0.15, -0.1) is 0 Å². The number of urea groups is 1. The van der Waals surface area contributed by atoms with Crippen LogP contribution < -0.4 is 10.6 Å². The van der Waals surface area contributed by atoms with Crippen molar-refractivity contribution in [1.29, 1.82) is 0 Å². The molecule has 2 aliphatic rings. The molecular formula is C16H28N2O4. The summed E-state index contributed by atoms with van der Waals surface area (Å²) in [6.45, 7) is 0. The number of rotatable bonds is 3. The second kappa shape index (κ2) is 8.36. The fourth-order valence-electron chi connectivity index (χ4n) is 3.53. The van der Waals surface area contributed by atoms with Gasteiger partial charge in [0, 0.05) is 12.1 Å². The molecule has 6 heteroatoms. The van der Waals surface area contributed by atoms with Gasteiger partial charge < -0.3 is 20.5 Å². The fourth-order valence-corrected chi connectivity index (χ4v) is 3.53. The molecule has 0 aromatic heterocycles. The molecule has 2 aliphatic carbocycles. The van der Waals surface area contributed by atoms with E-state index in [0.29, 0.717) is 0 Å². The number of aliphatic hydroxyl groups excluding tert-OH is 1. The summed E-state index contributed by atoms with van der Waals surface area (Å²) < 4.78 is 4.88. The molecule has 0 radical (unpaired) electrons. The van der Waals surface area contributed by atoms with Crippen molar-refractivity contribution in [2.75, 3.05) is 7.11 Å². The van der Waals surface area contributed by atoms with Gasteiger partial charge in [0.25, 0.3) is 0 Å². The molecule has 0 saturated heterocycles. The van der Waals surface area contributed by atoms with Crippen molar-refractivity contribution >= 4 is 12.0 Å². The molecular weight excluding hydrogens is 284 g/mol. The van der Waals surface area contributed by atoms with Gasteiger partial charge in [-0.1, -0.05) is 19.3 Å². The van der Waals surface area contributed by atoms with Gasteiger partial charge in [0.1, 0.15) is 0 Å². The van der Waals surface area contributed by atoms with E-state index in [1.807, 2.05) is 0 Å². The highest BCUT2D eigenvalue weighted by Crippen LogP contribution is 2.25. The highest BCUT2D eigenvalue weighted by atomic mass is 16.5. The molecule has 6 nitrogen and oxygen atoms in total. The van der Waals surface area contributed by atoms with Gasteiger partial charge in [-0.2, -0.15) is 0 Å². The van der Waals surface area contributed by atoms with Crippen LogP contribution in [0.1, 0.15) is 57.8 Å². The van der Waals surface area contributed by atoms with Gasteiger partial charge >= 0.3 is 12.0 Å². The monoisotopic (exact) mass is 312 g/mol. The molecule has 2 unspecified atom stereocenters. The van der Waals surface area contributed by atoms with Crippen LogP contribution in [0.3, 0.4) is 0 Å². The Kier molecular flexibility index (Phi) is 6.49. The molecule has 2 amide bonds. The Balaban J connectivity index is 1.85. The summed E-state index contributed by atoms with van der Waals surface area (Å²) in [6, 6.07) is -0.239. The number of amides is 2. The van der Waals surface area contributed by atoms with E-state index in [9.17, 15) is 14.7 Å². The van der Waals surface area contributed by atoms with Crippen molar-refractivity contribution in [3.05, 3.63) is 0 Å². The van der Waals surface area contributed by atoms with Gasteiger partial charge in [-0.05, 0) is 38.5 Å². The van der Waals surface area contributed by atoms with Gasteiger partial charge in [0.2, 0.25) is 0 Å². The third-order valence-electron chi connectivity index (χ3n) is 4.87. The average molecular weight is 312 g/mol. The van der Waals surface area contributed by atoms with Crippen molar-refractivity contribution in [3.8, 4) is 0 Å². The molecule has 2 atom stereocenters. The lowest BCUT2D eigenvalue weighted by molar-refractivity contribution is -0.146. The second-order valence-electron chi connectivity index (χ2n) is 6.50. The number of aliphatic hydroxyl groups is 1. The molecule has 0 aromatic carbocycles. The molecule has 22 heavy (non-hydrogen) atoms. The van der Waals surface area contributed by atoms with Crippen molar-refractivity contribution in [1.82, 2.24) is 10.6 Å². The van der Waals surface area contributed by atoms with Crippen LogP contribution >= 0.6 is 0 Å². The minimum atomic E-state index is -0.244. The molecule has 2 rings (SSSR count). The number of methoxy groups -OCH3 is 1. The first-order valence-corrected chi connectivity index (χ1v) is 8.43. The van der Waals surface area contributed by atoms with Crippen molar-refractivity contribution in [2.45, 2.75) is 76.0 Å². The summed E-state index contributed by atoms with van der Waals surface area (Å²) in [6.07, 6.45) is 7.55. The Morgan fingerprint density at radius 1 is 0.955 bits per heavy atom. The molecule has 0 aromatic rings. The van der Waals surface area contributed by atoms with Crippen LogP contribution in [-0.2, 0) is 9.53 Å². The van der Waals surface area contributed by atoms with Crippen LogP contribution in [0.5, 0.6) is 0 Å². The van der Waals surface area contributed by atoms with E-state index in [-0.39, 0.29) is 36.1 Å². The molecule has 0 aliphatic heterocycles. The highest BCUT2D eigenvalue weighted by molar-refractivity contribution is 5.77. The summed E-state index contributed by atoms with van der Waals surface area (Å²) in [5, 5.41) is 15.4. The van der Waals surface area contributed by atoms with Gasteiger partial charge in [-0.25, -0.2) is 4.79 Å². The number of carbonyl (C=O) groups is 2. The lowest BCUT2D eigenvalue weighted by Crippen LogP contribution is -2.50. The van der Waals surface area contributed by atoms with Crippen molar-refractivity contribution < 1.29 is 19.4 Å². The summed E-state index contributed by atoms with van der Waals surface area (Å²) in [4.78, 5) is 24.1. The number of carbonyl (C=O) groups excluding carboxylic acids is 2. The first-order chi connectivity index (χ1) is 10.6. The van der Waals surface area contributed by atoms with E-state index < -0.39 is 0 Å². The fraction of sp³-hybridized carbons (Fsp3) is 0.875. The van der Waals surface area contributed by atoms with E-state index in [4.69, 9.17) is 4.74 Å². The maximum Gasteiger partial charge on any atom is 0.315 e. The summed E-state index contributed by atoms with van der Waals surface area (Å²) in [5.41, 5.74) is 0. The maximum absolute atomic E-state index is 12.2. The third-order valence-corrected chi connectivity index (χ3v) is 4.87. The molecule has 0 bridgehead atoms. The summed E-state index contributed by atoms with van der Waals surface area (Å²) >= 11 is 0. The first kappa shape index (κ1) is 17.1. The predicted octanol–water partition coefficient (Wildman–Crippen LogP) is 1.71. The van der Waals surface area contributed by atoms with Crippen LogP contribution in [0.2, 0.25) is 0 Å². The van der Waals surface area contributed by atoms with Crippen LogP contribution in [0.4, 0.5) is 4.79 Å². The number of nitrogens with one attached hydrogen (secondary N) is 2. The Hall–Kier alpha value is -1.30. The van der Waals surface area contributed by atoms with Gasteiger partial charge in [0.05, 0.1) is 19.1 Å². The van der Waals surface area contributed by atoms with E-state index in [1.54, 1.807) is 0 Å². The Labute approximate surface area is 132 Å².